The molecule has 0 bridgehead atoms. The molecule has 0 saturated heterocycles. The summed E-state index contributed by atoms with van der Waals surface area (Å²) in [4.78, 5) is 12.0. The Balaban J connectivity index is 2.11. The predicted molar refractivity (Wildman–Crippen MR) is 83.4 cm³/mol. The fourth-order valence-electron chi connectivity index (χ4n) is 1.97. The maximum Gasteiger partial charge on any atom is 0.307 e. The minimum absolute atomic E-state index is 0.277. The van der Waals surface area contributed by atoms with E-state index in [1.54, 1.807) is 19.1 Å². The summed E-state index contributed by atoms with van der Waals surface area (Å²) in [6.45, 7) is 3.93. The van der Waals surface area contributed by atoms with E-state index in [0.717, 1.165) is 30.5 Å². The van der Waals surface area contributed by atoms with Crippen LogP contribution in [0.5, 0.6) is 0 Å². The van der Waals surface area contributed by atoms with Crippen LogP contribution in [-0.4, -0.2) is 11.6 Å². The summed E-state index contributed by atoms with van der Waals surface area (Å²) in [5, 5.41) is 4.27. The molecule has 0 saturated carbocycles. The Morgan fingerprint density at radius 1 is 1.19 bits per heavy atom. The van der Waals surface area contributed by atoms with Crippen LogP contribution in [0.25, 0.3) is 0 Å². The Morgan fingerprint density at radius 3 is 2.57 bits per heavy atom. The summed E-state index contributed by atoms with van der Waals surface area (Å²) in [6.07, 6.45) is 2.94. The third-order valence-corrected chi connectivity index (χ3v) is 3.13. The molecule has 0 unspecified atom stereocenters. The number of benzene rings is 1. The zero-order valence-corrected chi connectivity index (χ0v) is 12.4. The number of nitrogens with zero attached hydrogens (tertiary/aromatic N) is 1. The summed E-state index contributed by atoms with van der Waals surface area (Å²) in [6, 6.07) is 13.3. The quantitative estimate of drug-likeness (QED) is 0.646. The van der Waals surface area contributed by atoms with Crippen molar-refractivity contribution in [3.8, 4) is 0 Å². The fraction of sp³-hybridized carbons (Fsp3) is 0.294. The molecule has 1 aromatic carbocycles. The average molecular weight is 284 g/mol. The largest absolute Gasteiger partial charge is 0.456 e. The van der Waals surface area contributed by atoms with Crippen molar-refractivity contribution >= 4 is 11.6 Å². The maximum atomic E-state index is 12.0. The third-order valence-electron chi connectivity index (χ3n) is 3.13. The highest BCUT2D eigenvalue weighted by Gasteiger charge is 2.10. The molecular formula is C17H20N2O2. The number of hydrogen-bond acceptors (Lipinski definition) is 3. The van der Waals surface area contributed by atoms with Gasteiger partial charge in [-0.05, 0) is 37.5 Å². The zero-order valence-electron chi connectivity index (χ0n) is 12.4. The van der Waals surface area contributed by atoms with Crippen LogP contribution < -0.4 is 5.43 Å². The van der Waals surface area contributed by atoms with Crippen molar-refractivity contribution in [2.45, 2.75) is 33.1 Å². The van der Waals surface area contributed by atoms with Crippen molar-refractivity contribution in [3.05, 3.63) is 59.5 Å². The first kappa shape index (κ1) is 15.0. The van der Waals surface area contributed by atoms with E-state index in [1.807, 2.05) is 30.3 Å². The van der Waals surface area contributed by atoms with Crippen LogP contribution in [-0.2, 0) is 0 Å². The Labute approximate surface area is 124 Å². The lowest BCUT2D eigenvalue weighted by atomic mass is 10.1. The van der Waals surface area contributed by atoms with Gasteiger partial charge in [-0.15, -0.1) is 0 Å². The minimum atomic E-state index is -0.326. The van der Waals surface area contributed by atoms with Crippen LogP contribution in [0.3, 0.4) is 0 Å². The highest BCUT2D eigenvalue weighted by atomic mass is 16.3. The Bertz CT molecular complexity index is 615. The smallest absolute Gasteiger partial charge is 0.307 e. The van der Waals surface area contributed by atoms with Gasteiger partial charge in [0.05, 0.1) is 5.71 Å². The SMILES string of the molecule is CCCC/C(=N\NC(=O)c1ccc(C)o1)c1ccccc1. The summed E-state index contributed by atoms with van der Waals surface area (Å²) in [5.74, 6) is 0.658. The summed E-state index contributed by atoms with van der Waals surface area (Å²) in [5.41, 5.74) is 4.49. The fourth-order valence-corrected chi connectivity index (χ4v) is 1.97. The molecule has 1 heterocycles. The number of rotatable bonds is 6. The van der Waals surface area contributed by atoms with E-state index in [4.69, 9.17) is 4.42 Å². The van der Waals surface area contributed by atoms with Crippen molar-refractivity contribution in [2.24, 2.45) is 5.10 Å². The number of nitrogens with one attached hydrogen (secondary N) is 1. The van der Waals surface area contributed by atoms with E-state index in [1.165, 1.54) is 0 Å². The van der Waals surface area contributed by atoms with E-state index in [-0.39, 0.29) is 11.7 Å². The molecule has 0 spiro atoms. The van der Waals surface area contributed by atoms with Gasteiger partial charge in [0.25, 0.3) is 0 Å². The second-order valence-corrected chi connectivity index (χ2v) is 4.88. The molecule has 0 aliphatic heterocycles. The predicted octanol–water partition coefficient (Wildman–Crippen LogP) is 3.91. The van der Waals surface area contributed by atoms with Gasteiger partial charge in [0.2, 0.25) is 0 Å². The van der Waals surface area contributed by atoms with Crippen molar-refractivity contribution < 1.29 is 9.21 Å². The molecule has 110 valence electrons. The number of carbonyl (C=O) groups excluding carboxylic acids is 1. The molecule has 4 heteroatoms. The van der Waals surface area contributed by atoms with Crippen LogP contribution in [0.2, 0.25) is 0 Å². The lowest BCUT2D eigenvalue weighted by molar-refractivity contribution is 0.0926. The van der Waals surface area contributed by atoms with E-state index in [0.29, 0.717) is 5.76 Å². The molecule has 0 aliphatic rings. The normalized spacial score (nSPS) is 11.4. The highest BCUT2D eigenvalue weighted by molar-refractivity contribution is 6.01. The molecule has 2 rings (SSSR count). The van der Waals surface area contributed by atoms with Gasteiger partial charge in [-0.1, -0.05) is 43.7 Å². The Hall–Kier alpha value is -2.36. The number of unbranched alkanes of at least 4 members (excludes halogenated alkanes) is 1. The van der Waals surface area contributed by atoms with Gasteiger partial charge in [0.15, 0.2) is 5.76 Å². The van der Waals surface area contributed by atoms with E-state index >= 15 is 0 Å². The summed E-state index contributed by atoms with van der Waals surface area (Å²) in [7, 11) is 0. The second kappa shape index (κ2) is 7.43. The second-order valence-electron chi connectivity index (χ2n) is 4.88. The first-order chi connectivity index (χ1) is 10.2. The maximum absolute atomic E-state index is 12.0. The van der Waals surface area contributed by atoms with Gasteiger partial charge >= 0.3 is 5.91 Å². The summed E-state index contributed by atoms with van der Waals surface area (Å²) < 4.78 is 5.28. The first-order valence-electron chi connectivity index (χ1n) is 7.19. The monoisotopic (exact) mass is 284 g/mol. The standard InChI is InChI=1S/C17H20N2O2/c1-3-4-10-15(14-8-6-5-7-9-14)18-19-17(20)16-12-11-13(2)21-16/h5-9,11-12H,3-4,10H2,1-2H3,(H,19,20)/b18-15+. The number of carbonyl (C=O) groups is 1. The van der Waals surface area contributed by atoms with Gasteiger partial charge in [0, 0.05) is 0 Å². The first-order valence-corrected chi connectivity index (χ1v) is 7.19. The molecule has 0 aliphatic carbocycles. The summed E-state index contributed by atoms with van der Waals surface area (Å²) >= 11 is 0. The van der Waals surface area contributed by atoms with E-state index in [2.05, 4.69) is 17.5 Å². The molecular weight excluding hydrogens is 264 g/mol. The van der Waals surface area contributed by atoms with Gasteiger partial charge in [-0.2, -0.15) is 5.10 Å². The van der Waals surface area contributed by atoms with Crippen LogP contribution in [0.15, 0.2) is 52.0 Å². The average Bonchev–Trinajstić information content (AvgIpc) is 2.95. The van der Waals surface area contributed by atoms with Crippen LogP contribution in [0, 0.1) is 6.92 Å². The van der Waals surface area contributed by atoms with Crippen molar-refractivity contribution in [1.29, 1.82) is 0 Å². The highest BCUT2D eigenvalue weighted by Crippen LogP contribution is 2.09. The number of hydrazone groups is 1. The lowest BCUT2D eigenvalue weighted by Crippen LogP contribution is -2.19. The zero-order chi connectivity index (χ0) is 15.1. The Morgan fingerprint density at radius 2 is 1.95 bits per heavy atom. The van der Waals surface area contributed by atoms with Crippen molar-refractivity contribution in [2.75, 3.05) is 0 Å². The van der Waals surface area contributed by atoms with Gasteiger partial charge < -0.3 is 4.42 Å². The van der Waals surface area contributed by atoms with Gasteiger partial charge in [-0.3, -0.25) is 4.79 Å². The molecule has 4 nitrogen and oxygen atoms in total. The van der Waals surface area contributed by atoms with Crippen LogP contribution >= 0.6 is 0 Å². The molecule has 1 N–H and O–H groups in total. The molecule has 21 heavy (non-hydrogen) atoms. The minimum Gasteiger partial charge on any atom is -0.456 e. The van der Waals surface area contributed by atoms with Crippen LogP contribution in [0.4, 0.5) is 0 Å². The van der Waals surface area contributed by atoms with Gasteiger partial charge in [0.1, 0.15) is 5.76 Å². The molecule has 0 fully saturated rings. The number of amides is 1. The molecule has 1 aromatic heterocycles. The number of aryl methyl sites for hydroxylation is 1. The molecule has 1 amide bonds. The third kappa shape index (κ3) is 4.31. The van der Waals surface area contributed by atoms with Crippen molar-refractivity contribution in [1.82, 2.24) is 5.43 Å². The van der Waals surface area contributed by atoms with Gasteiger partial charge in [-0.25, -0.2) is 5.43 Å². The van der Waals surface area contributed by atoms with E-state index < -0.39 is 0 Å². The number of furan rings is 1. The van der Waals surface area contributed by atoms with E-state index in [9.17, 15) is 4.79 Å². The van der Waals surface area contributed by atoms with Crippen LogP contribution in [0.1, 0.15) is 48.1 Å². The molecule has 0 atom stereocenters. The lowest BCUT2D eigenvalue weighted by Gasteiger charge is -2.06. The molecule has 0 radical (unpaired) electrons. The number of hydrogen-bond donors (Lipinski definition) is 1. The molecule has 2 aromatic rings. The topological polar surface area (TPSA) is 54.6 Å². The van der Waals surface area contributed by atoms with Crippen molar-refractivity contribution in [3.63, 3.8) is 0 Å². The Kier molecular flexibility index (Phi) is 5.32.